The standard InChI is InChI=1S/C19H19BrFNO3/c1-11-3-4-12(2)16(5-11)19(24)22-9-17(23)18(10-22)25-15-7-13(20)6-14(21)8-15/h3-8,17-18,23H,9-10H2,1-2H3. The van der Waals surface area contributed by atoms with Gasteiger partial charge >= 0.3 is 0 Å². The zero-order valence-electron chi connectivity index (χ0n) is 14.0. The highest BCUT2D eigenvalue weighted by molar-refractivity contribution is 9.10. The van der Waals surface area contributed by atoms with Gasteiger partial charge in [0.2, 0.25) is 0 Å². The first kappa shape index (κ1) is 17.9. The lowest BCUT2D eigenvalue weighted by atomic mass is 10.0. The van der Waals surface area contributed by atoms with Gasteiger partial charge in [-0.2, -0.15) is 0 Å². The van der Waals surface area contributed by atoms with Crippen molar-refractivity contribution in [3.8, 4) is 5.75 Å². The van der Waals surface area contributed by atoms with Crippen molar-refractivity contribution in [3.05, 3.63) is 63.4 Å². The molecule has 2 aromatic rings. The van der Waals surface area contributed by atoms with Gasteiger partial charge in [0.1, 0.15) is 23.8 Å². The number of benzene rings is 2. The van der Waals surface area contributed by atoms with Crippen molar-refractivity contribution in [2.75, 3.05) is 13.1 Å². The van der Waals surface area contributed by atoms with Crippen molar-refractivity contribution >= 4 is 21.8 Å². The Hall–Kier alpha value is -1.92. The molecule has 1 fully saturated rings. The molecule has 0 aliphatic carbocycles. The Bertz CT molecular complexity index is 791. The quantitative estimate of drug-likeness (QED) is 0.847. The van der Waals surface area contributed by atoms with Crippen LogP contribution in [0.5, 0.6) is 5.75 Å². The molecule has 0 bridgehead atoms. The van der Waals surface area contributed by atoms with Crippen LogP contribution in [0.15, 0.2) is 40.9 Å². The van der Waals surface area contributed by atoms with Crippen molar-refractivity contribution < 1.29 is 19.0 Å². The van der Waals surface area contributed by atoms with Crippen LogP contribution >= 0.6 is 15.9 Å². The van der Waals surface area contributed by atoms with Crippen molar-refractivity contribution in [1.29, 1.82) is 0 Å². The second kappa shape index (κ2) is 7.14. The Morgan fingerprint density at radius 3 is 2.72 bits per heavy atom. The number of halogens is 2. The summed E-state index contributed by atoms with van der Waals surface area (Å²) in [6.45, 7) is 4.26. The average Bonchev–Trinajstić information content (AvgIpc) is 2.89. The number of ether oxygens (including phenoxy) is 1. The van der Waals surface area contributed by atoms with E-state index in [4.69, 9.17) is 4.74 Å². The molecular formula is C19H19BrFNO3. The largest absolute Gasteiger partial charge is 0.486 e. The fourth-order valence-corrected chi connectivity index (χ4v) is 3.39. The molecular weight excluding hydrogens is 389 g/mol. The summed E-state index contributed by atoms with van der Waals surface area (Å²) in [7, 11) is 0. The van der Waals surface area contributed by atoms with Crippen LogP contribution in [-0.2, 0) is 0 Å². The van der Waals surface area contributed by atoms with Crippen molar-refractivity contribution in [2.45, 2.75) is 26.1 Å². The Kier molecular flexibility index (Phi) is 5.11. The Morgan fingerprint density at radius 1 is 1.24 bits per heavy atom. The summed E-state index contributed by atoms with van der Waals surface area (Å²) < 4.78 is 19.7. The van der Waals surface area contributed by atoms with E-state index in [2.05, 4.69) is 15.9 Å². The number of carbonyl (C=O) groups is 1. The molecule has 3 rings (SSSR count). The van der Waals surface area contributed by atoms with Crippen LogP contribution in [0, 0.1) is 19.7 Å². The summed E-state index contributed by atoms with van der Waals surface area (Å²) in [5.74, 6) is -0.246. The highest BCUT2D eigenvalue weighted by atomic mass is 79.9. The summed E-state index contributed by atoms with van der Waals surface area (Å²) in [4.78, 5) is 14.3. The summed E-state index contributed by atoms with van der Waals surface area (Å²) in [5, 5.41) is 10.3. The number of amides is 1. The van der Waals surface area contributed by atoms with Crippen molar-refractivity contribution in [3.63, 3.8) is 0 Å². The Labute approximate surface area is 154 Å². The molecule has 4 nitrogen and oxygen atoms in total. The lowest BCUT2D eigenvalue weighted by Crippen LogP contribution is -2.31. The minimum Gasteiger partial charge on any atom is -0.486 e. The third-order valence-electron chi connectivity index (χ3n) is 4.27. The van der Waals surface area contributed by atoms with E-state index in [1.54, 1.807) is 11.0 Å². The number of aliphatic hydroxyl groups is 1. The van der Waals surface area contributed by atoms with Gasteiger partial charge in [-0.3, -0.25) is 4.79 Å². The van der Waals surface area contributed by atoms with E-state index in [1.165, 1.54) is 12.1 Å². The lowest BCUT2D eigenvalue weighted by molar-refractivity contribution is 0.0727. The number of hydrogen-bond acceptors (Lipinski definition) is 3. The highest BCUT2D eigenvalue weighted by Crippen LogP contribution is 2.25. The average molecular weight is 408 g/mol. The maximum atomic E-state index is 13.5. The van der Waals surface area contributed by atoms with E-state index in [9.17, 15) is 14.3 Å². The van der Waals surface area contributed by atoms with E-state index >= 15 is 0 Å². The topological polar surface area (TPSA) is 49.8 Å². The van der Waals surface area contributed by atoms with Crippen LogP contribution in [-0.4, -0.2) is 41.2 Å². The van der Waals surface area contributed by atoms with E-state index < -0.39 is 18.0 Å². The van der Waals surface area contributed by atoms with Gasteiger partial charge in [0.25, 0.3) is 5.91 Å². The minimum atomic E-state index is -0.823. The summed E-state index contributed by atoms with van der Waals surface area (Å²) >= 11 is 3.21. The predicted molar refractivity (Wildman–Crippen MR) is 96.3 cm³/mol. The molecule has 0 radical (unpaired) electrons. The molecule has 0 spiro atoms. The maximum absolute atomic E-state index is 13.5. The first-order valence-electron chi connectivity index (χ1n) is 8.01. The predicted octanol–water partition coefficient (Wildman–Crippen LogP) is 3.47. The number of nitrogens with zero attached hydrogens (tertiary/aromatic N) is 1. The normalized spacial score (nSPS) is 20.0. The van der Waals surface area contributed by atoms with Crippen LogP contribution in [0.25, 0.3) is 0 Å². The molecule has 25 heavy (non-hydrogen) atoms. The number of aryl methyl sites for hydroxylation is 2. The van der Waals surface area contributed by atoms with Gasteiger partial charge in [-0.1, -0.05) is 33.6 Å². The molecule has 1 amide bonds. The Morgan fingerprint density at radius 2 is 2.00 bits per heavy atom. The van der Waals surface area contributed by atoms with Gasteiger partial charge in [-0.25, -0.2) is 4.39 Å². The van der Waals surface area contributed by atoms with E-state index in [0.717, 1.165) is 11.1 Å². The SMILES string of the molecule is Cc1ccc(C)c(C(=O)N2CC(O)C(Oc3cc(F)cc(Br)c3)C2)c1. The third-order valence-corrected chi connectivity index (χ3v) is 4.73. The van der Waals surface area contributed by atoms with Gasteiger partial charge in [-0.05, 0) is 37.6 Å². The van der Waals surface area contributed by atoms with E-state index in [1.807, 2.05) is 32.0 Å². The monoisotopic (exact) mass is 407 g/mol. The number of likely N-dealkylation sites (tertiary alicyclic amines) is 1. The van der Waals surface area contributed by atoms with Crippen molar-refractivity contribution in [1.82, 2.24) is 4.90 Å². The van der Waals surface area contributed by atoms with Crippen LogP contribution in [0.4, 0.5) is 4.39 Å². The molecule has 0 saturated carbocycles. The lowest BCUT2D eigenvalue weighted by Gasteiger charge is -2.18. The molecule has 132 valence electrons. The minimum absolute atomic E-state index is 0.133. The molecule has 1 N–H and O–H groups in total. The smallest absolute Gasteiger partial charge is 0.254 e. The number of hydrogen-bond donors (Lipinski definition) is 1. The van der Waals surface area contributed by atoms with Crippen molar-refractivity contribution in [2.24, 2.45) is 0 Å². The molecule has 1 saturated heterocycles. The second-order valence-corrected chi connectivity index (χ2v) is 7.27. The molecule has 2 atom stereocenters. The van der Waals surface area contributed by atoms with Gasteiger partial charge in [0, 0.05) is 16.1 Å². The molecule has 6 heteroatoms. The second-order valence-electron chi connectivity index (χ2n) is 6.36. The molecule has 1 aliphatic heterocycles. The van der Waals surface area contributed by atoms with Gasteiger partial charge < -0.3 is 14.7 Å². The third kappa shape index (κ3) is 4.02. The molecule has 2 aromatic carbocycles. The number of β-amino-alcohol motifs (C(OH)–C–C–N with tert-alkyl or cyclic N) is 1. The van der Waals surface area contributed by atoms with Crippen LogP contribution < -0.4 is 4.74 Å². The van der Waals surface area contributed by atoms with Crippen LogP contribution in [0.2, 0.25) is 0 Å². The van der Waals surface area contributed by atoms with Crippen LogP contribution in [0.1, 0.15) is 21.5 Å². The number of aliphatic hydroxyl groups excluding tert-OH is 1. The zero-order valence-corrected chi connectivity index (χ0v) is 15.6. The zero-order chi connectivity index (χ0) is 18.1. The first-order chi connectivity index (χ1) is 11.8. The van der Waals surface area contributed by atoms with Gasteiger partial charge in [-0.15, -0.1) is 0 Å². The molecule has 1 heterocycles. The fraction of sp³-hybridized carbons (Fsp3) is 0.316. The first-order valence-corrected chi connectivity index (χ1v) is 8.80. The highest BCUT2D eigenvalue weighted by Gasteiger charge is 2.36. The molecule has 0 aromatic heterocycles. The van der Waals surface area contributed by atoms with Crippen LogP contribution in [0.3, 0.4) is 0 Å². The Balaban J connectivity index is 1.74. The number of carbonyl (C=O) groups excluding carboxylic acids is 1. The van der Waals surface area contributed by atoms with Gasteiger partial charge in [0.05, 0.1) is 13.1 Å². The summed E-state index contributed by atoms with van der Waals surface area (Å²) in [6, 6.07) is 9.93. The maximum Gasteiger partial charge on any atom is 0.254 e. The molecule has 1 aliphatic rings. The summed E-state index contributed by atoms with van der Waals surface area (Å²) in [6.07, 6.45) is -1.42. The van der Waals surface area contributed by atoms with E-state index in [0.29, 0.717) is 15.8 Å². The summed E-state index contributed by atoms with van der Waals surface area (Å²) in [5.41, 5.74) is 2.52. The van der Waals surface area contributed by atoms with Gasteiger partial charge in [0.15, 0.2) is 0 Å². The fourth-order valence-electron chi connectivity index (χ4n) is 2.95. The number of rotatable bonds is 3. The van der Waals surface area contributed by atoms with E-state index in [-0.39, 0.29) is 19.0 Å². The molecule has 2 unspecified atom stereocenters.